The van der Waals surface area contributed by atoms with Crippen LogP contribution in [-0.4, -0.2) is 34.7 Å². The van der Waals surface area contributed by atoms with Gasteiger partial charge in [-0.2, -0.15) is 0 Å². The number of carbonyl (C=O) groups is 1. The minimum Gasteiger partial charge on any atom is -0.486 e. The van der Waals surface area contributed by atoms with Gasteiger partial charge >= 0.3 is 0 Å². The molecule has 5 nitrogen and oxygen atoms in total. The minimum atomic E-state index is 0.0508. The van der Waals surface area contributed by atoms with Gasteiger partial charge in [-0.3, -0.25) is 4.79 Å². The van der Waals surface area contributed by atoms with E-state index in [4.69, 9.17) is 19.4 Å². The van der Waals surface area contributed by atoms with E-state index in [1.807, 2.05) is 6.07 Å². The van der Waals surface area contributed by atoms with E-state index in [1.165, 1.54) is 22.2 Å². The number of hydrogen-bond donors (Lipinski definition) is 0. The number of fused-ring (bicyclic) bond motifs is 2. The van der Waals surface area contributed by atoms with Crippen LogP contribution in [0, 0.1) is 6.92 Å². The quantitative estimate of drug-likeness (QED) is 0.296. The van der Waals surface area contributed by atoms with Gasteiger partial charge in [-0.1, -0.05) is 32.5 Å². The van der Waals surface area contributed by atoms with Crippen molar-refractivity contribution in [2.24, 2.45) is 0 Å². The van der Waals surface area contributed by atoms with Crippen molar-refractivity contribution in [1.29, 1.82) is 0 Å². The molecular weight excluding hydrogens is 404 g/mol. The summed E-state index contributed by atoms with van der Waals surface area (Å²) in [5.41, 5.74) is 1.92. The Hall–Kier alpha value is -2.12. The van der Waals surface area contributed by atoms with Crippen molar-refractivity contribution in [3.8, 4) is 11.5 Å². The third kappa shape index (κ3) is 3.98. The number of carbonyl (C=O) groups excluding carboxylic acids is 1. The molecule has 0 radical (unpaired) electrons. The Labute approximate surface area is 178 Å². The van der Waals surface area contributed by atoms with E-state index in [1.54, 1.807) is 23.5 Å². The van der Waals surface area contributed by atoms with Crippen molar-refractivity contribution in [1.82, 2.24) is 9.97 Å². The summed E-state index contributed by atoms with van der Waals surface area (Å²) in [4.78, 5) is 24.8. The predicted molar refractivity (Wildman–Crippen MR) is 118 cm³/mol. The molecule has 0 saturated carbocycles. The van der Waals surface area contributed by atoms with Crippen molar-refractivity contribution in [3.63, 3.8) is 0 Å². The zero-order chi connectivity index (χ0) is 20.5. The Morgan fingerprint density at radius 2 is 1.97 bits per heavy atom. The summed E-state index contributed by atoms with van der Waals surface area (Å²) in [5.74, 6) is 2.77. The maximum atomic E-state index is 12.9. The first-order chi connectivity index (χ1) is 14.0. The topological polar surface area (TPSA) is 61.3 Å². The molecule has 0 aliphatic carbocycles. The third-order valence-corrected chi connectivity index (χ3v) is 6.93. The fourth-order valence-electron chi connectivity index (χ4n) is 3.37. The summed E-state index contributed by atoms with van der Waals surface area (Å²) in [5, 5.41) is 2.02. The van der Waals surface area contributed by atoms with Gasteiger partial charge in [0.05, 0.1) is 5.75 Å². The molecule has 29 heavy (non-hydrogen) atoms. The second kappa shape index (κ2) is 8.32. The van der Waals surface area contributed by atoms with E-state index in [0.29, 0.717) is 36.0 Å². The van der Waals surface area contributed by atoms with Crippen LogP contribution in [-0.2, 0) is 6.42 Å². The number of benzene rings is 1. The third-order valence-electron chi connectivity index (χ3n) is 4.91. The first-order valence-corrected chi connectivity index (χ1v) is 11.6. The van der Waals surface area contributed by atoms with Crippen molar-refractivity contribution >= 4 is 39.1 Å². The Bertz CT molecular complexity index is 1080. The molecule has 0 spiro atoms. The van der Waals surface area contributed by atoms with Crippen molar-refractivity contribution < 1.29 is 14.3 Å². The molecule has 152 valence electrons. The highest BCUT2D eigenvalue weighted by atomic mass is 32.2. The number of aryl methyl sites for hydroxylation is 2. The van der Waals surface area contributed by atoms with Crippen LogP contribution < -0.4 is 9.47 Å². The van der Waals surface area contributed by atoms with Crippen LogP contribution in [0.5, 0.6) is 11.5 Å². The standard InChI is InChI=1S/C22H24N2O3S2/c1-5-15-13(4)29-22-19(15)21(23-20(24-22)12(2)3)28-11-16(25)14-6-7-17-18(10-14)27-9-8-26-17/h6-7,10,12H,5,8-9,11H2,1-4H3. The minimum absolute atomic E-state index is 0.0508. The van der Waals surface area contributed by atoms with Gasteiger partial charge in [0.15, 0.2) is 17.3 Å². The second-order valence-electron chi connectivity index (χ2n) is 7.28. The number of thiophene rings is 1. The van der Waals surface area contributed by atoms with Gasteiger partial charge in [-0.05, 0) is 37.1 Å². The molecule has 0 unspecified atom stereocenters. The van der Waals surface area contributed by atoms with Crippen LogP contribution in [0.15, 0.2) is 23.2 Å². The SMILES string of the molecule is CCc1c(C)sc2nc(C(C)C)nc(SCC(=O)c3ccc4c(c3)OCCO4)c12. The fourth-order valence-corrected chi connectivity index (χ4v) is 5.52. The summed E-state index contributed by atoms with van der Waals surface area (Å²) < 4.78 is 11.1. The largest absolute Gasteiger partial charge is 0.486 e. The fraction of sp³-hybridized carbons (Fsp3) is 0.409. The van der Waals surface area contributed by atoms with Gasteiger partial charge in [0.1, 0.15) is 28.9 Å². The lowest BCUT2D eigenvalue weighted by Crippen LogP contribution is -2.16. The summed E-state index contributed by atoms with van der Waals surface area (Å²) in [6.07, 6.45) is 0.930. The zero-order valence-corrected chi connectivity index (χ0v) is 18.7. The Balaban J connectivity index is 1.62. The average Bonchev–Trinajstić information content (AvgIpc) is 3.06. The lowest BCUT2D eigenvalue weighted by molar-refractivity contribution is 0.102. The molecule has 4 rings (SSSR count). The molecule has 0 bridgehead atoms. The normalized spacial score (nSPS) is 13.3. The summed E-state index contributed by atoms with van der Waals surface area (Å²) >= 11 is 3.21. The maximum Gasteiger partial charge on any atom is 0.173 e. The molecule has 0 saturated heterocycles. The summed E-state index contributed by atoms with van der Waals surface area (Å²) in [7, 11) is 0. The lowest BCUT2D eigenvalue weighted by atomic mass is 10.1. The second-order valence-corrected chi connectivity index (χ2v) is 9.45. The van der Waals surface area contributed by atoms with Crippen molar-refractivity contribution in [3.05, 3.63) is 40.0 Å². The molecule has 1 aliphatic heterocycles. The maximum absolute atomic E-state index is 12.9. The number of aromatic nitrogens is 2. The molecule has 2 aromatic heterocycles. The molecule has 0 fully saturated rings. The molecule has 1 aromatic carbocycles. The highest BCUT2D eigenvalue weighted by molar-refractivity contribution is 8.00. The first-order valence-electron chi connectivity index (χ1n) is 9.83. The van der Waals surface area contributed by atoms with E-state index in [0.717, 1.165) is 27.5 Å². The molecular formula is C22H24N2O3S2. The Morgan fingerprint density at radius 1 is 1.21 bits per heavy atom. The van der Waals surface area contributed by atoms with Gasteiger partial charge in [-0.25, -0.2) is 9.97 Å². The predicted octanol–water partition coefficient (Wildman–Crippen LogP) is 5.43. The molecule has 0 N–H and O–H groups in total. The molecule has 0 atom stereocenters. The van der Waals surface area contributed by atoms with E-state index in [9.17, 15) is 4.79 Å². The van der Waals surface area contributed by atoms with Crippen LogP contribution in [0.2, 0.25) is 0 Å². The lowest BCUT2D eigenvalue weighted by Gasteiger charge is -2.18. The van der Waals surface area contributed by atoms with Crippen LogP contribution in [0.4, 0.5) is 0 Å². The molecule has 0 amide bonds. The summed E-state index contributed by atoms with van der Waals surface area (Å²) in [6, 6.07) is 5.39. The number of nitrogens with zero attached hydrogens (tertiary/aromatic N) is 2. The number of ether oxygens (including phenoxy) is 2. The van der Waals surface area contributed by atoms with Gasteiger partial charge in [0, 0.05) is 21.7 Å². The highest BCUT2D eigenvalue weighted by Gasteiger charge is 2.20. The molecule has 3 aromatic rings. The van der Waals surface area contributed by atoms with Crippen molar-refractivity contribution in [2.45, 2.75) is 45.1 Å². The van der Waals surface area contributed by atoms with Gasteiger partial charge in [0.2, 0.25) is 0 Å². The number of rotatable bonds is 6. The number of thioether (sulfide) groups is 1. The molecule has 7 heteroatoms. The monoisotopic (exact) mass is 428 g/mol. The van der Waals surface area contributed by atoms with Crippen LogP contribution in [0.25, 0.3) is 10.2 Å². The van der Waals surface area contributed by atoms with Gasteiger partial charge in [-0.15, -0.1) is 11.3 Å². The Kier molecular flexibility index (Phi) is 5.79. The van der Waals surface area contributed by atoms with Gasteiger partial charge in [0.25, 0.3) is 0 Å². The smallest absolute Gasteiger partial charge is 0.173 e. The first kappa shape index (κ1) is 20.2. The van der Waals surface area contributed by atoms with E-state index in [2.05, 4.69) is 27.7 Å². The van der Waals surface area contributed by atoms with Crippen LogP contribution in [0.1, 0.15) is 53.3 Å². The highest BCUT2D eigenvalue weighted by Crippen LogP contribution is 2.37. The van der Waals surface area contributed by atoms with E-state index in [-0.39, 0.29) is 11.7 Å². The number of hydrogen-bond acceptors (Lipinski definition) is 7. The van der Waals surface area contributed by atoms with Crippen LogP contribution >= 0.6 is 23.1 Å². The van der Waals surface area contributed by atoms with Crippen LogP contribution in [0.3, 0.4) is 0 Å². The average molecular weight is 429 g/mol. The summed E-state index contributed by atoms with van der Waals surface area (Å²) in [6.45, 7) is 9.52. The number of Topliss-reactive ketones (excluding diaryl/α,β-unsaturated/α-hetero) is 1. The van der Waals surface area contributed by atoms with Crippen molar-refractivity contribution in [2.75, 3.05) is 19.0 Å². The zero-order valence-electron chi connectivity index (χ0n) is 17.1. The van der Waals surface area contributed by atoms with E-state index >= 15 is 0 Å². The van der Waals surface area contributed by atoms with Gasteiger partial charge < -0.3 is 9.47 Å². The van der Waals surface area contributed by atoms with E-state index < -0.39 is 0 Å². The molecule has 1 aliphatic rings. The number of ketones is 1. The Morgan fingerprint density at radius 3 is 2.69 bits per heavy atom. The molecule has 3 heterocycles.